The summed E-state index contributed by atoms with van der Waals surface area (Å²) in [5.74, 6) is 1.35. The van der Waals surface area contributed by atoms with Gasteiger partial charge in [-0.2, -0.15) is 0 Å². The average Bonchev–Trinajstić information content (AvgIpc) is 2.91. The predicted octanol–water partition coefficient (Wildman–Crippen LogP) is 2.75. The molecule has 2 rings (SSSR count). The van der Waals surface area contributed by atoms with Crippen LogP contribution in [0, 0.1) is 11.3 Å². The number of anilines is 1. The molecule has 0 radical (unpaired) electrons. The highest BCUT2D eigenvalue weighted by molar-refractivity contribution is 5.42. The second-order valence-electron chi connectivity index (χ2n) is 5.71. The van der Waals surface area contributed by atoms with Crippen molar-refractivity contribution in [1.29, 1.82) is 0 Å². The zero-order chi connectivity index (χ0) is 12.5. The maximum Gasteiger partial charge on any atom is 0.128 e. The lowest BCUT2D eigenvalue weighted by atomic mass is 9.97. The number of nitrogens with zero attached hydrogens (tertiary/aromatic N) is 1. The fourth-order valence-electron chi connectivity index (χ4n) is 2.54. The molecule has 0 saturated heterocycles. The minimum atomic E-state index is 0.360. The molecule has 1 aromatic rings. The number of pyridine rings is 1. The summed E-state index contributed by atoms with van der Waals surface area (Å²) in [5.41, 5.74) is 7.60. The number of nitrogens with two attached hydrogens (primary N) is 1. The van der Waals surface area contributed by atoms with E-state index in [1.807, 2.05) is 6.07 Å². The minimum absolute atomic E-state index is 0.360. The first-order valence-electron chi connectivity index (χ1n) is 6.50. The zero-order valence-electron chi connectivity index (χ0n) is 11.0. The third-order valence-electron chi connectivity index (χ3n) is 3.81. The van der Waals surface area contributed by atoms with Gasteiger partial charge in [0, 0.05) is 17.8 Å². The van der Waals surface area contributed by atoms with E-state index >= 15 is 0 Å². The summed E-state index contributed by atoms with van der Waals surface area (Å²) in [4.78, 5) is 4.20. The third kappa shape index (κ3) is 2.60. The van der Waals surface area contributed by atoms with Gasteiger partial charge >= 0.3 is 0 Å². The lowest BCUT2D eigenvalue weighted by Crippen LogP contribution is -2.26. The molecule has 1 fully saturated rings. The number of rotatable bonds is 5. The molecule has 0 amide bonds. The maximum absolute atomic E-state index is 6.00. The first-order chi connectivity index (χ1) is 8.06. The van der Waals surface area contributed by atoms with Crippen molar-refractivity contribution in [3.8, 4) is 0 Å². The van der Waals surface area contributed by atoms with Crippen molar-refractivity contribution in [1.82, 2.24) is 10.3 Å². The Labute approximate surface area is 104 Å². The largest absolute Gasteiger partial charge is 0.383 e. The Morgan fingerprint density at radius 2 is 2.29 bits per heavy atom. The molecule has 0 aromatic carbocycles. The number of nitrogens with one attached hydrogen (secondary N) is 1. The van der Waals surface area contributed by atoms with Gasteiger partial charge in [-0.25, -0.2) is 4.98 Å². The Hall–Kier alpha value is -1.09. The molecule has 3 heteroatoms. The van der Waals surface area contributed by atoms with Gasteiger partial charge in [-0.15, -0.1) is 0 Å². The number of aromatic nitrogens is 1. The monoisotopic (exact) mass is 233 g/mol. The van der Waals surface area contributed by atoms with E-state index in [2.05, 4.69) is 37.1 Å². The van der Waals surface area contributed by atoms with Crippen LogP contribution in [0.1, 0.15) is 45.2 Å². The molecule has 0 aliphatic heterocycles. The Bertz CT molecular complexity index is 387. The van der Waals surface area contributed by atoms with Crippen LogP contribution in [0.4, 0.5) is 5.82 Å². The van der Waals surface area contributed by atoms with Crippen molar-refractivity contribution in [3.63, 3.8) is 0 Å². The van der Waals surface area contributed by atoms with Crippen molar-refractivity contribution in [2.45, 2.75) is 39.7 Å². The average molecular weight is 233 g/mol. The molecule has 2 unspecified atom stereocenters. The lowest BCUT2D eigenvalue weighted by molar-refractivity contribution is 0.416. The van der Waals surface area contributed by atoms with Gasteiger partial charge in [0.1, 0.15) is 5.82 Å². The Balaban J connectivity index is 2.19. The van der Waals surface area contributed by atoms with Crippen LogP contribution in [-0.2, 0) is 0 Å². The molecule has 1 saturated carbocycles. The summed E-state index contributed by atoms with van der Waals surface area (Å²) in [6.45, 7) is 7.87. The van der Waals surface area contributed by atoms with E-state index in [9.17, 15) is 0 Å². The number of hydrogen-bond donors (Lipinski definition) is 2. The van der Waals surface area contributed by atoms with Crippen LogP contribution >= 0.6 is 0 Å². The first kappa shape index (κ1) is 12.4. The molecule has 1 heterocycles. The fourth-order valence-corrected chi connectivity index (χ4v) is 2.54. The molecule has 17 heavy (non-hydrogen) atoms. The third-order valence-corrected chi connectivity index (χ3v) is 3.81. The van der Waals surface area contributed by atoms with Crippen LogP contribution in [0.25, 0.3) is 0 Å². The highest BCUT2D eigenvalue weighted by Gasteiger charge is 2.50. The molecule has 0 spiro atoms. The van der Waals surface area contributed by atoms with Gasteiger partial charge in [0.05, 0.1) is 0 Å². The molecule has 3 N–H and O–H groups in total. The van der Waals surface area contributed by atoms with E-state index in [1.54, 1.807) is 6.20 Å². The van der Waals surface area contributed by atoms with Gasteiger partial charge in [-0.3, -0.25) is 0 Å². The number of hydrogen-bond acceptors (Lipinski definition) is 3. The van der Waals surface area contributed by atoms with Gasteiger partial charge < -0.3 is 11.1 Å². The standard InChI is InChI=1S/C14H23N3/c1-4-7-16-12(11-9-14(11,2)3)10-6-5-8-17-13(10)15/h5-6,8,11-12,16H,4,7,9H2,1-3H3,(H2,15,17). The van der Waals surface area contributed by atoms with Crippen molar-refractivity contribution >= 4 is 5.82 Å². The minimum Gasteiger partial charge on any atom is -0.383 e. The predicted molar refractivity (Wildman–Crippen MR) is 71.6 cm³/mol. The van der Waals surface area contributed by atoms with Crippen LogP contribution in [0.5, 0.6) is 0 Å². The maximum atomic E-state index is 6.00. The van der Waals surface area contributed by atoms with Crippen LogP contribution in [0.15, 0.2) is 18.3 Å². The molecule has 2 atom stereocenters. The summed E-state index contributed by atoms with van der Waals surface area (Å²) in [7, 11) is 0. The summed E-state index contributed by atoms with van der Waals surface area (Å²) in [6, 6.07) is 4.44. The molecule has 1 aliphatic rings. The molecule has 1 aromatic heterocycles. The van der Waals surface area contributed by atoms with E-state index in [0.29, 0.717) is 23.2 Å². The van der Waals surface area contributed by atoms with E-state index in [0.717, 1.165) is 18.5 Å². The van der Waals surface area contributed by atoms with Crippen molar-refractivity contribution in [2.24, 2.45) is 11.3 Å². The second kappa shape index (κ2) is 4.65. The van der Waals surface area contributed by atoms with Gasteiger partial charge in [0.2, 0.25) is 0 Å². The van der Waals surface area contributed by atoms with Crippen LogP contribution in [0.3, 0.4) is 0 Å². The van der Waals surface area contributed by atoms with Crippen LogP contribution in [0.2, 0.25) is 0 Å². The molecular formula is C14H23N3. The Morgan fingerprint density at radius 3 is 2.82 bits per heavy atom. The van der Waals surface area contributed by atoms with Gasteiger partial charge in [-0.05, 0) is 36.8 Å². The topological polar surface area (TPSA) is 50.9 Å². The quantitative estimate of drug-likeness (QED) is 0.822. The van der Waals surface area contributed by atoms with Crippen LogP contribution in [-0.4, -0.2) is 11.5 Å². The summed E-state index contributed by atoms with van der Waals surface area (Å²) >= 11 is 0. The lowest BCUT2D eigenvalue weighted by Gasteiger charge is -2.21. The van der Waals surface area contributed by atoms with Crippen molar-refractivity contribution in [3.05, 3.63) is 23.9 Å². The fraction of sp³-hybridized carbons (Fsp3) is 0.643. The summed E-state index contributed by atoms with van der Waals surface area (Å²) in [6.07, 6.45) is 4.17. The Kier molecular flexibility index (Phi) is 3.38. The van der Waals surface area contributed by atoms with E-state index < -0.39 is 0 Å². The van der Waals surface area contributed by atoms with Gasteiger partial charge in [0.25, 0.3) is 0 Å². The highest BCUT2D eigenvalue weighted by Crippen LogP contribution is 2.58. The molecule has 94 valence electrons. The number of nitrogen functional groups attached to an aromatic ring is 1. The Morgan fingerprint density at radius 1 is 1.59 bits per heavy atom. The smallest absolute Gasteiger partial charge is 0.128 e. The SMILES string of the molecule is CCCNC(c1cccnc1N)C1CC1(C)C. The normalized spacial score (nSPS) is 23.4. The van der Waals surface area contributed by atoms with Crippen molar-refractivity contribution < 1.29 is 0 Å². The molecular weight excluding hydrogens is 210 g/mol. The summed E-state index contributed by atoms with van der Waals surface area (Å²) in [5, 5.41) is 3.62. The first-order valence-corrected chi connectivity index (χ1v) is 6.50. The molecule has 3 nitrogen and oxygen atoms in total. The molecule has 1 aliphatic carbocycles. The highest BCUT2D eigenvalue weighted by atomic mass is 15.0. The second-order valence-corrected chi connectivity index (χ2v) is 5.71. The molecule has 0 bridgehead atoms. The van der Waals surface area contributed by atoms with E-state index in [-0.39, 0.29) is 0 Å². The van der Waals surface area contributed by atoms with Crippen molar-refractivity contribution in [2.75, 3.05) is 12.3 Å². The van der Waals surface area contributed by atoms with Gasteiger partial charge in [0.15, 0.2) is 0 Å². The van der Waals surface area contributed by atoms with E-state index in [4.69, 9.17) is 5.73 Å². The zero-order valence-corrected chi connectivity index (χ0v) is 11.0. The van der Waals surface area contributed by atoms with E-state index in [1.165, 1.54) is 6.42 Å². The van der Waals surface area contributed by atoms with Crippen LogP contribution < -0.4 is 11.1 Å². The van der Waals surface area contributed by atoms with Gasteiger partial charge in [-0.1, -0.05) is 26.8 Å². The summed E-state index contributed by atoms with van der Waals surface area (Å²) < 4.78 is 0.